The minimum absolute atomic E-state index is 0.148. The van der Waals surface area contributed by atoms with E-state index in [-0.39, 0.29) is 24.0 Å². The molecular formula is C15H17FN2O3. The van der Waals surface area contributed by atoms with Crippen LogP contribution in [0.3, 0.4) is 0 Å². The lowest BCUT2D eigenvalue weighted by Gasteiger charge is -2.22. The highest BCUT2D eigenvalue weighted by Crippen LogP contribution is 2.18. The van der Waals surface area contributed by atoms with Gasteiger partial charge in [0.1, 0.15) is 18.1 Å². The molecular weight excluding hydrogens is 275 g/mol. The number of carbonyl (C=O) groups is 2. The first-order valence-corrected chi connectivity index (χ1v) is 6.66. The van der Waals surface area contributed by atoms with Crippen LogP contribution in [-0.4, -0.2) is 40.0 Å². The highest BCUT2D eigenvalue weighted by molar-refractivity contribution is 5.99. The molecule has 0 fully saturated rings. The van der Waals surface area contributed by atoms with Crippen LogP contribution < -0.4 is 0 Å². The number of fused-ring (bicyclic) bond motifs is 1. The van der Waals surface area contributed by atoms with E-state index >= 15 is 0 Å². The van der Waals surface area contributed by atoms with Crippen molar-refractivity contribution in [3.05, 3.63) is 35.8 Å². The maximum Gasteiger partial charge on any atom is 0.323 e. The molecule has 0 bridgehead atoms. The number of halogens is 1. The molecule has 1 amide bonds. The van der Waals surface area contributed by atoms with Crippen LogP contribution in [0.5, 0.6) is 0 Å². The zero-order chi connectivity index (χ0) is 15.6. The summed E-state index contributed by atoms with van der Waals surface area (Å²) < 4.78 is 13.2. The molecule has 2 N–H and O–H groups in total. The number of benzene rings is 1. The number of H-pyrrole nitrogens is 1. The fourth-order valence-corrected chi connectivity index (χ4v) is 2.21. The Kier molecular flexibility index (Phi) is 4.26. The molecule has 0 aliphatic heterocycles. The van der Waals surface area contributed by atoms with Gasteiger partial charge < -0.3 is 15.0 Å². The molecule has 1 aromatic carbocycles. The number of carboxylic acid groups (broad SMARTS) is 1. The largest absolute Gasteiger partial charge is 0.480 e. The number of amides is 1. The summed E-state index contributed by atoms with van der Waals surface area (Å²) in [5.41, 5.74) is 0.900. The minimum atomic E-state index is -1.06. The van der Waals surface area contributed by atoms with Gasteiger partial charge in [-0.2, -0.15) is 0 Å². The molecule has 21 heavy (non-hydrogen) atoms. The van der Waals surface area contributed by atoms with Gasteiger partial charge in [0.05, 0.1) is 0 Å². The summed E-state index contributed by atoms with van der Waals surface area (Å²) in [6, 6.07) is 5.71. The van der Waals surface area contributed by atoms with Gasteiger partial charge in [0, 0.05) is 17.4 Å². The minimum Gasteiger partial charge on any atom is -0.480 e. The van der Waals surface area contributed by atoms with E-state index in [1.807, 2.05) is 13.8 Å². The number of nitrogens with zero attached hydrogens (tertiary/aromatic N) is 1. The molecule has 0 aliphatic carbocycles. The van der Waals surface area contributed by atoms with Gasteiger partial charge in [0.25, 0.3) is 5.91 Å². The lowest BCUT2D eigenvalue weighted by Crippen LogP contribution is -2.38. The second-order valence-electron chi connectivity index (χ2n) is 5.39. The van der Waals surface area contributed by atoms with E-state index in [4.69, 9.17) is 5.11 Å². The van der Waals surface area contributed by atoms with Crippen LogP contribution in [0.2, 0.25) is 0 Å². The van der Waals surface area contributed by atoms with Crippen molar-refractivity contribution in [2.45, 2.75) is 13.8 Å². The number of rotatable bonds is 5. The Morgan fingerprint density at radius 2 is 2.05 bits per heavy atom. The molecule has 0 aliphatic rings. The number of nitrogens with one attached hydrogen (secondary N) is 1. The van der Waals surface area contributed by atoms with Crippen LogP contribution in [0.1, 0.15) is 24.3 Å². The highest BCUT2D eigenvalue weighted by Gasteiger charge is 2.21. The van der Waals surface area contributed by atoms with Gasteiger partial charge in [0.15, 0.2) is 0 Å². The summed E-state index contributed by atoms with van der Waals surface area (Å²) in [7, 11) is 0. The van der Waals surface area contributed by atoms with Crippen LogP contribution in [0, 0.1) is 11.7 Å². The van der Waals surface area contributed by atoms with Crippen molar-refractivity contribution in [1.29, 1.82) is 0 Å². The first kappa shape index (κ1) is 15.0. The average molecular weight is 292 g/mol. The highest BCUT2D eigenvalue weighted by atomic mass is 19.1. The molecule has 5 nitrogen and oxygen atoms in total. The SMILES string of the molecule is CC(C)CN(CC(=O)O)C(=O)c1cc2cc(F)ccc2[nH]1. The van der Waals surface area contributed by atoms with Gasteiger partial charge >= 0.3 is 5.97 Å². The van der Waals surface area contributed by atoms with Gasteiger partial charge in [-0.05, 0) is 30.2 Å². The predicted octanol–water partition coefficient (Wildman–Crippen LogP) is 2.49. The van der Waals surface area contributed by atoms with Gasteiger partial charge in [-0.3, -0.25) is 9.59 Å². The Morgan fingerprint density at radius 3 is 2.67 bits per heavy atom. The molecule has 112 valence electrons. The zero-order valence-corrected chi connectivity index (χ0v) is 11.9. The zero-order valence-electron chi connectivity index (χ0n) is 11.9. The van der Waals surface area contributed by atoms with E-state index in [1.54, 1.807) is 6.07 Å². The molecule has 0 radical (unpaired) electrons. The Hall–Kier alpha value is -2.37. The molecule has 0 atom stereocenters. The van der Waals surface area contributed by atoms with Crippen molar-refractivity contribution < 1.29 is 19.1 Å². The number of carbonyl (C=O) groups excluding carboxylic acids is 1. The summed E-state index contributed by atoms with van der Waals surface area (Å²) in [5.74, 6) is -1.70. The lowest BCUT2D eigenvalue weighted by molar-refractivity contribution is -0.137. The second-order valence-corrected chi connectivity index (χ2v) is 5.39. The summed E-state index contributed by atoms with van der Waals surface area (Å²) in [6.45, 7) is 3.79. The lowest BCUT2D eigenvalue weighted by atomic mass is 10.2. The van der Waals surface area contributed by atoms with Crippen LogP contribution in [-0.2, 0) is 4.79 Å². The summed E-state index contributed by atoms with van der Waals surface area (Å²) >= 11 is 0. The molecule has 6 heteroatoms. The van der Waals surface area contributed by atoms with E-state index in [2.05, 4.69) is 4.98 Å². The molecule has 2 aromatic rings. The summed E-state index contributed by atoms with van der Waals surface area (Å²) in [6.07, 6.45) is 0. The maximum absolute atomic E-state index is 13.2. The standard InChI is InChI=1S/C15H17FN2O3/c1-9(2)7-18(8-14(19)20)15(21)13-6-10-5-11(16)3-4-12(10)17-13/h3-6,9,17H,7-8H2,1-2H3,(H,19,20). The topological polar surface area (TPSA) is 73.4 Å². The molecule has 0 saturated heterocycles. The number of hydrogen-bond acceptors (Lipinski definition) is 2. The maximum atomic E-state index is 13.2. The van der Waals surface area contributed by atoms with Gasteiger partial charge in [-0.1, -0.05) is 13.8 Å². The van der Waals surface area contributed by atoms with Crippen molar-refractivity contribution in [3.8, 4) is 0 Å². The number of hydrogen-bond donors (Lipinski definition) is 2. The van der Waals surface area contributed by atoms with Crippen molar-refractivity contribution in [2.75, 3.05) is 13.1 Å². The third-order valence-electron chi connectivity index (χ3n) is 3.01. The van der Waals surface area contributed by atoms with E-state index in [0.29, 0.717) is 17.4 Å². The molecule has 1 heterocycles. The van der Waals surface area contributed by atoms with Gasteiger partial charge in [-0.25, -0.2) is 4.39 Å². The van der Waals surface area contributed by atoms with Crippen LogP contribution in [0.15, 0.2) is 24.3 Å². The number of aromatic nitrogens is 1. The van der Waals surface area contributed by atoms with E-state index in [0.717, 1.165) is 0 Å². The summed E-state index contributed by atoms with van der Waals surface area (Å²) in [4.78, 5) is 27.5. The Balaban J connectivity index is 2.30. The van der Waals surface area contributed by atoms with Crippen LogP contribution in [0.4, 0.5) is 4.39 Å². The van der Waals surface area contributed by atoms with E-state index in [9.17, 15) is 14.0 Å². The number of aliphatic carboxylic acids is 1. The van der Waals surface area contributed by atoms with Crippen molar-refractivity contribution in [1.82, 2.24) is 9.88 Å². The van der Waals surface area contributed by atoms with Gasteiger partial charge in [0.2, 0.25) is 0 Å². The molecule has 1 aromatic heterocycles. The fourth-order valence-electron chi connectivity index (χ4n) is 2.21. The van der Waals surface area contributed by atoms with Crippen LogP contribution >= 0.6 is 0 Å². The Bertz CT molecular complexity index is 679. The van der Waals surface area contributed by atoms with Crippen molar-refractivity contribution in [3.63, 3.8) is 0 Å². The average Bonchev–Trinajstić information content (AvgIpc) is 2.78. The smallest absolute Gasteiger partial charge is 0.323 e. The summed E-state index contributed by atoms with van der Waals surface area (Å²) in [5, 5.41) is 9.50. The van der Waals surface area contributed by atoms with Crippen molar-refractivity contribution in [2.24, 2.45) is 5.92 Å². The third-order valence-corrected chi connectivity index (χ3v) is 3.01. The monoisotopic (exact) mass is 292 g/mol. The predicted molar refractivity (Wildman–Crippen MR) is 76.6 cm³/mol. The molecule has 0 unspecified atom stereocenters. The Morgan fingerprint density at radius 1 is 1.33 bits per heavy atom. The number of carboxylic acids is 1. The fraction of sp³-hybridized carbons (Fsp3) is 0.333. The molecule has 0 saturated carbocycles. The first-order chi connectivity index (χ1) is 9.86. The van der Waals surface area contributed by atoms with Crippen molar-refractivity contribution >= 4 is 22.8 Å². The second kappa shape index (κ2) is 5.95. The normalized spacial score (nSPS) is 11.0. The van der Waals surface area contributed by atoms with E-state index < -0.39 is 11.9 Å². The van der Waals surface area contributed by atoms with Gasteiger partial charge in [-0.15, -0.1) is 0 Å². The third kappa shape index (κ3) is 3.59. The quantitative estimate of drug-likeness (QED) is 0.889. The van der Waals surface area contributed by atoms with E-state index in [1.165, 1.54) is 23.1 Å². The Labute approximate surface area is 121 Å². The first-order valence-electron chi connectivity index (χ1n) is 6.66. The molecule has 2 rings (SSSR count). The number of aromatic amines is 1. The molecule has 0 spiro atoms. The van der Waals surface area contributed by atoms with Crippen LogP contribution in [0.25, 0.3) is 10.9 Å².